The molecule has 1 heterocycles. The van der Waals surface area contributed by atoms with Gasteiger partial charge in [0.1, 0.15) is 12.4 Å². The molecule has 0 saturated heterocycles. The number of thiophene rings is 1. The van der Waals surface area contributed by atoms with Crippen LogP contribution in [0.15, 0.2) is 48.5 Å². The van der Waals surface area contributed by atoms with Gasteiger partial charge in [0.2, 0.25) is 0 Å². The van der Waals surface area contributed by atoms with Gasteiger partial charge in [-0.1, -0.05) is 35.9 Å². The summed E-state index contributed by atoms with van der Waals surface area (Å²) in [5.74, 6) is 0.786. The Labute approximate surface area is 126 Å². The summed E-state index contributed by atoms with van der Waals surface area (Å²) in [6.07, 6.45) is 0. The zero-order chi connectivity index (χ0) is 13.9. The molecule has 0 bridgehead atoms. The monoisotopic (exact) mass is 303 g/mol. The predicted octanol–water partition coefficient (Wildman–Crippen LogP) is 4.59. The Morgan fingerprint density at radius 1 is 1.10 bits per heavy atom. The van der Waals surface area contributed by atoms with Crippen LogP contribution in [0.5, 0.6) is 5.75 Å². The second-order valence-corrected chi connectivity index (χ2v) is 6.07. The van der Waals surface area contributed by atoms with E-state index in [9.17, 15) is 0 Å². The molecule has 0 spiro atoms. The first-order valence-corrected chi connectivity index (χ1v) is 7.54. The fourth-order valence-corrected chi connectivity index (χ4v) is 3.39. The number of nitrogens with two attached hydrogens (primary N) is 1. The average Bonchev–Trinajstić information content (AvgIpc) is 2.88. The zero-order valence-electron chi connectivity index (χ0n) is 10.8. The summed E-state index contributed by atoms with van der Waals surface area (Å²) in [6, 6.07) is 15.8. The summed E-state index contributed by atoms with van der Waals surface area (Å²) in [7, 11) is 0. The molecule has 0 saturated carbocycles. The van der Waals surface area contributed by atoms with E-state index in [0.717, 1.165) is 5.75 Å². The molecule has 3 aromatic rings. The van der Waals surface area contributed by atoms with Crippen LogP contribution in [0.2, 0.25) is 5.02 Å². The zero-order valence-corrected chi connectivity index (χ0v) is 12.4. The maximum Gasteiger partial charge on any atom is 0.122 e. The normalized spacial score (nSPS) is 10.9. The summed E-state index contributed by atoms with van der Waals surface area (Å²) in [6.45, 7) is 1.11. The first-order valence-electron chi connectivity index (χ1n) is 6.35. The first kappa shape index (κ1) is 13.4. The Morgan fingerprint density at radius 2 is 1.95 bits per heavy atom. The van der Waals surface area contributed by atoms with Gasteiger partial charge in [-0.05, 0) is 35.2 Å². The van der Waals surface area contributed by atoms with E-state index in [-0.39, 0.29) is 0 Å². The standard InChI is InChI=1S/C16H14ClNOS/c17-13-5-2-6-14(8-13)19-10-15-7-11-3-1-4-12(9-18)16(11)20-15/h1-8H,9-10,18H2. The fourth-order valence-electron chi connectivity index (χ4n) is 2.12. The van der Waals surface area contributed by atoms with Crippen molar-refractivity contribution in [2.24, 2.45) is 5.73 Å². The molecule has 1 aromatic heterocycles. The van der Waals surface area contributed by atoms with Crippen molar-refractivity contribution < 1.29 is 4.74 Å². The summed E-state index contributed by atoms with van der Waals surface area (Å²) in [4.78, 5) is 1.18. The number of hydrogen-bond donors (Lipinski definition) is 1. The largest absolute Gasteiger partial charge is 0.488 e. The maximum absolute atomic E-state index is 5.94. The quantitative estimate of drug-likeness (QED) is 0.765. The molecule has 0 fully saturated rings. The average molecular weight is 304 g/mol. The van der Waals surface area contributed by atoms with Crippen molar-refractivity contribution >= 4 is 33.0 Å². The second-order valence-electron chi connectivity index (χ2n) is 4.50. The number of benzene rings is 2. The predicted molar refractivity (Wildman–Crippen MR) is 85.5 cm³/mol. The second kappa shape index (κ2) is 5.83. The van der Waals surface area contributed by atoms with Gasteiger partial charge in [-0.3, -0.25) is 0 Å². The number of ether oxygens (including phenoxy) is 1. The number of hydrogen-bond acceptors (Lipinski definition) is 3. The van der Waals surface area contributed by atoms with Crippen LogP contribution in [-0.4, -0.2) is 0 Å². The van der Waals surface area contributed by atoms with Crippen molar-refractivity contribution in [2.75, 3.05) is 0 Å². The lowest BCUT2D eigenvalue weighted by Gasteiger charge is -2.04. The van der Waals surface area contributed by atoms with E-state index in [2.05, 4.69) is 18.2 Å². The lowest BCUT2D eigenvalue weighted by molar-refractivity contribution is 0.310. The van der Waals surface area contributed by atoms with Crippen molar-refractivity contribution in [3.8, 4) is 5.75 Å². The summed E-state index contributed by atoms with van der Waals surface area (Å²) in [5.41, 5.74) is 6.95. The van der Waals surface area contributed by atoms with Crippen LogP contribution in [0.4, 0.5) is 0 Å². The number of halogens is 1. The first-order chi connectivity index (χ1) is 9.76. The summed E-state index contributed by atoms with van der Waals surface area (Å²) in [5, 5.41) is 1.91. The minimum Gasteiger partial charge on any atom is -0.488 e. The molecule has 20 heavy (non-hydrogen) atoms. The molecule has 2 N–H and O–H groups in total. The smallest absolute Gasteiger partial charge is 0.122 e. The van der Waals surface area contributed by atoms with E-state index < -0.39 is 0 Å². The highest BCUT2D eigenvalue weighted by molar-refractivity contribution is 7.19. The number of fused-ring (bicyclic) bond motifs is 1. The van der Waals surface area contributed by atoms with Gasteiger partial charge in [0, 0.05) is 21.1 Å². The molecule has 0 aliphatic rings. The molecule has 0 aliphatic carbocycles. The topological polar surface area (TPSA) is 35.2 Å². The van der Waals surface area contributed by atoms with Crippen LogP contribution in [0.25, 0.3) is 10.1 Å². The van der Waals surface area contributed by atoms with Crippen LogP contribution in [-0.2, 0) is 13.2 Å². The highest BCUT2D eigenvalue weighted by Gasteiger charge is 2.06. The summed E-state index contributed by atoms with van der Waals surface area (Å²) < 4.78 is 7.02. The minimum atomic E-state index is 0.545. The lowest BCUT2D eigenvalue weighted by atomic mass is 10.1. The van der Waals surface area contributed by atoms with Crippen LogP contribution in [0.1, 0.15) is 10.4 Å². The van der Waals surface area contributed by atoms with E-state index in [0.29, 0.717) is 18.2 Å². The molecule has 0 amide bonds. The van der Waals surface area contributed by atoms with Gasteiger partial charge in [0.15, 0.2) is 0 Å². The van der Waals surface area contributed by atoms with Gasteiger partial charge in [0.25, 0.3) is 0 Å². The fraction of sp³-hybridized carbons (Fsp3) is 0.125. The van der Waals surface area contributed by atoms with Crippen molar-refractivity contribution in [3.05, 3.63) is 64.0 Å². The minimum absolute atomic E-state index is 0.545. The van der Waals surface area contributed by atoms with E-state index in [4.69, 9.17) is 22.1 Å². The Balaban J connectivity index is 1.81. The molecule has 0 unspecified atom stereocenters. The SMILES string of the molecule is NCc1cccc2cc(COc3cccc(Cl)c3)sc12. The van der Waals surface area contributed by atoms with E-state index in [1.54, 1.807) is 11.3 Å². The van der Waals surface area contributed by atoms with Crippen LogP contribution >= 0.6 is 22.9 Å². The van der Waals surface area contributed by atoms with Crippen LogP contribution < -0.4 is 10.5 Å². The van der Waals surface area contributed by atoms with Gasteiger partial charge in [0.05, 0.1) is 0 Å². The third-order valence-corrected chi connectivity index (χ3v) is 4.51. The van der Waals surface area contributed by atoms with Gasteiger partial charge >= 0.3 is 0 Å². The van der Waals surface area contributed by atoms with E-state index in [1.165, 1.54) is 20.5 Å². The third-order valence-electron chi connectivity index (χ3n) is 3.07. The molecule has 0 atom stereocenters. The van der Waals surface area contributed by atoms with Gasteiger partial charge < -0.3 is 10.5 Å². The Bertz CT molecular complexity index is 738. The van der Waals surface area contributed by atoms with Gasteiger partial charge in [-0.15, -0.1) is 11.3 Å². The van der Waals surface area contributed by atoms with E-state index in [1.807, 2.05) is 30.3 Å². The van der Waals surface area contributed by atoms with Crippen molar-refractivity contribution in [1.29, 1.82) is 0 Å². The number of rotatable bonds is 4. The van der Waals surface area contributed by atoms with E-state index >= 15 is 0 Å². The lowest BCUT2D eigenvalue weighted by Crippen LogP contribution is -1.95. The van der Waals surface area contributed by atoms with Gasteiger partial charge in [-0.25, -0.2) is 0 Å². The van der Waals surface area contributed by atoms with Crippen molar-refractivity contribution in [1.82, 2.24) is 0 Å². The Kier molecular flexibility index (Phi) is 3.92. The maximum atomic E-state index is 5.94. The van der Waals surface area contributed by atoms with Crippen molar-refractivity contribution in [2.45, 2.75) is 13.2 Å². The summed E-state index contributed by atoms with van der Waals surface area (Å²) >= 11 is 7.67. The molecular formula is C16H14ClNOS. The molecule has 2 nitrogen and oxygen atoms in total. The Hall–Kier alpha value is -1.55. The van der Waals surface area contributed by atoms with Gasteiger partial charge in [-0.2, -0.15) is 0 Å². The van der Waals surface area contributed by atoms with Crippen molar-refractivity contribution in [3.63, 3.8) is 0 Å². The molecule has 3 rings (SSSR count). The highest BCUT2D eigenvalue weighted by atomic mass is 35.5. The highest BCUT2D eigenvalue weighted by Crippen LogP contribution is 2.29. The van der Waals surface area contributed by atoms with Crippen LogP contribution in [0, 0.1) is 0 Å². The molecule has 102 valence electrons. The Morgan fingerprint density at radius 3 is 2.75 bits per heavy atom. The third kappa shape index (κ3) is 2.80. The molecule has 2 aromatic carbocycles. The molecular weight excluding hydrogens is 290 g/mol. The molecule has 0 radical (unpaired) electrons. The molecule has 4 heteroatoms. The molecule has 0 aliphatic heterocycles. The van der Waals surface area contributed by atoms with Crippen LogP contribution in [0.3, 0.4) is 0 Å².